The molecule has 2 rings (SSSR count). The first-order valence-electron chi connectivity index (χ1n) is 7.28. The molecular weight excluding hydrogens is 273 g/mol. The monoisotopic (exact) mass is 295 g/mol. The van der Waals surface area contributed by atoms with E-state index in [4.69, 9.17) is 0 Å². The maximum Gasteiger partial charge on any atom is 0.305 e. The molecule has 0 radical (unpaired) electrons. The van der Waals surface area contributed by atoms with Crippen LogP contribution in [0.2, 0.25) is 0 Å². The van der Waals surface area contributed by atoms with E-state index in [1.54, 1.807) is 19.1 Å². The van der Waals surface area contributed by atoms with Crippen LogP contribution in [0.1, 0.15) is 42.9 Å². The molecule has 0 bridgehead atoms. The number of hydrogen-bond donors (Lipinski definition) is 2. The molecule has 21 heavy (non-hydrogen) atoms. The van der Waals surface area contributed by atoms with Gasteiger partial charge in [0.1, 0.15) is 5.82 Å². The summed E-state index contributed by atoms with van der Waals surface area (Å²) in [6.07, 6.45) is 2.14. The largest absolute Gasteiger partial charge is 0.469 e. The second-order valence-electron chi connectivity index (χ2n) is 5.62. The number of esters is 1. The molecule has 0 amide bonds. The summed E-state index contributed by atoms with van der Waals surface area (Å²) in [5.41, 5.74) is 1.17. The molecule has 1 aliphatic carbocycles. The number of halogens is 1. The van der Waals surface area contributed by atoms with Gasteiger partial charge in [0.15, 0.2) is 0 Å². The highest BCUT2D eigenvalue weighted by atomic mass is 19.1. The van der Waals surface area contributed by atoms with Crippen molar-refractivity contribution in [1.82, 2.24) is 5.32 Å². The molecule has 1 aromatic carbocycles. The number of rotatable bonds is 7. The molecule has 4 nitrogen and oxygen atoms in total. The third kappa shape index (κ3) is 4.51. The van der Waals surface area contributed by atoms with Gasteiger partial charge in [-0.2, -0.15) is 0 Å². The van der Waals surface area contributed by atoms with Crippen molar-refractivity contribution in [3.8, 4) is 0 Å². The Morgan fingerprint density at radius 1 is 1.52 bits per heavy atom. The third-order valence-corrected chi connectivity index (χ3v) is 3.82. The number of methoxy groups -OCH3 is 1. The minimum absolute atomic E-state index is 0.235. The lowest BCUT2D eigenvalue weighted by molar-refractivity contribution is -0.141. The van der Waals surface area contributed by atoms with Crippen molar-refractivity contribution in [2.75, 3.05) is 7.11 Å². The zero-order valence-corrected chi connectivity index (χ0v) is 12.4. The average molecular weight is 295 g/mol. The van der Waals surface area contributed by atoms with Crippen LogP contribution < -0.4 is 5.32 Å². The van der Waals surface area contributed by atoms with Crippen LogP contribution in [0.25, 0.3) is 0 Å². The van der Waals surface area contributed by atoms with E-state index in [0.29, 0.717) is 23.6 Å². The normalized spacial score (nSPS) is 17.3. The number of benzene rings is 1. The predicted octanol–water partition coefficient (Wildman–Crippen LogP) is 2.24. The van der Waals surface area contributed by atoms with Gasteiger partial charge in [0.2, 0.25) is 0 Å². The lowest BCUT2D eigenvalue weighted by Crippen LogP contribution is -2.37. The van der Waals surface area contributed by atoms with Gasteiger partial charge in [0, 0.05) is 18.5 Å². The van der Waals surface area contributed by atoms with Crippen LogP contribution in [0.3, 0.4) is 0 Å². The van der Waals surface area contributed by atoms with E-state index in [2.05, 4.69) is 10.1 Å². The summed E-state index contributed by atoms with van der Waals surface area (Å²) in [6, 6.07) is 4.78. The molecule has 1 saturated carbocycles. The van der Waals surface area contributed by atoms with Crippen LogP contribution in [-0.4, -0.2) is 30.3 Å². The van der Waals surface area contributed by atoms with Crippen molar-refractivity contribution >= 4 is 5.97 Å². The Labute approximate surface area is 124 Å². The van der Waals surface area contributed by atoms with Gasteiger partial charge in [-0.3, -0.25) is 4.79 Å². The van der Waals surface area contributed by atoms with E-state index in [1.165, 1.54) is 13.2 Å². The van der Waals surface area contributed by atoms with Gasteiger partial charge in [0.05, 0.1) is 13.2 Å². The maximum atomic E-state index is 13.3. The van der Waals surface area contributed by atoms with Crippen LogP contribution in [-0.2, 0) is 9.53 Å². The fourth-order valence-electron chi connectivity index (χ4n) is 2.34. The number of carbonyl (C=O) groups excluding carboxylic acids is 1. The number of aryl methyl sites for hydroxylation is 1. The van der Waals surface area contributed by atoms with Crippen molar-refractivity contribution in [2.24, 2.45) is 0 Å². The topological polar surface area (TPSA) is 58.6 Å². The summed E-state index contributed by atoms with van der Waals surface area (Å²) < 4.78 is 18.0. The highest BCUT2D eigenvalue weighted by Crippen LogP contribution is 2.27. The maximum absolute atomic E-state index is 13.3. The van der Waals surface area contributed by atoms with Gasteiger partial charge in [-0.15, -0.1) is 0 Å². The fourth-order valence-corrected chi connectivity index (χ4v) is 2.34. The summed E-state index contributed by atoms with van der Waals surface area (Å²) in [6.45, 7) is 1.67. The Hall–Kier alpha value is -1.46. The first kappa shape index (κ1) is 15.9. The van der Waals surface area contributed by atoms with E-state index in [9.17, 15) is 14.3 Å². The Bertz CT molecular complexity index is 502. The molecule has 0 saturated heterocycles. The smallest absolute Gasteiger partial charge is 0.305 e. The van der Waals surface area contributed by atoms with E-state index in [1.807, 2.05) is 0 Å². The van der Waals surface area contributed by atoms with Crippen LogP contribution in [0.15, 0.2) is 18.2 Å². The van der Waals surface area contributed by atoms with Crippen LogP contribution in [0, 0.1) is 12.7 Å². The highest BCUT2D eigenvalue weighted by Gasteiger charge is 2.29. The minimum atomic E-state index is -0.769. The SMILES string of the molecule is COC(=O)CCC(NC1CC1)C(O)c1ccc(F)c(C)c1. The number of ether oxygens (including phenoxy) is 1. The summed E-state index contributed by atoms with van der Waals surface area (Å²) in [5.74, 6) is -0.577. The minimum Gasteiger partial charge on any atom is -0.469 e. The Morgan fingerprint density at radius 2 is 2.24 bits per heavy atom. The van der Waals surface area contributed by atoms with Crippen molar-refractivity contribution in [3.63, 3.8) is 0 Å². The molecule has 0 aliphatic heterocycles. The summed E-state index contributed by atoms with van der Waals surface area (Å²) in [4.78, 5) is 11.3. The molecule has 1 aromatic rings. The Balaban J connectivity index is 2.06. The van der Waals surface area contributed by atoms with Crippen LogP contribution in [0.5, 0.6) is 0 Å². The number of carbonyl (C=O) groups is 1. The second kappa shape index (κ2) is 7.00. The van der Waals surface area contributed by atoms with E-state index < -0.39 is 6.10 Å². The zero-order valence-electron chi connectivity index (χ0n) is 12.4. The second-order valence-corrected chi connectivity index (χ2v) is 5.62. The fraction of sp³-hybridized carbons (Fsp3) is 0.562. The molecular formula is C16H22FNO3. The lowest BCUT2D eigenvalue weighted by atomic mass is 9.97. The van der Waals surface area contributed by atoms with Crippen LogP contribution >= 0.6 is 0 Å². The lowest BCUT2D eigenvalue weighted by Gasteiger charge is -2.24. The molecule has 116 valence electrons. The number of hydrogen-bond acceptors (Lipinski definition) is 4. The Kier molecular flexibility index (Phi) is 5.31. The standard InChI is InChI=1S/C16H22FNO3/c1-10-9-11(3-6-13(10)17)16(20)14(18-12-4-5-12)7-8-15(19)21-2/h3,6,9,12,14,16,18,20H,4-5,7-8H2,1-2H3. The van der Waals surface area contributed by atoms with Crippen molar-refractivity contribution in [2.45, 2.75) is 50.8 Å². The molecule has 0 heterocycles. The molecule has 2 unspecified atom stereocenters. The number of aliphatic hydroxyl groups excluding tert-OH is 1. The first-order valence-corrected chi connectivity index (χ1v) is 7.28. The van der Waals surface area contributed by atoms with E-state index in [-0.39, 0.29) is 24.2 Å². The molecule has 2 N–H and O–H groups in total. The predicted molar refractivity (Wildman–Crippen MR) is 77.3 cm³/mol. The molecule has 1 aliphatic rings. The Morgan fingerprint density at radius 3 is 2.81 bits per heavy atom. The van der Waals surface area contributed by atoms with E-state index in [0.717, 1.165) is 12.8 Å². The zero-order chi connectivity index (χ0) is 15.4. The van der Waals surface area contributed by atoms with Gasteiger partial charge >= 0.3 is 5.97 Å². The highest BCUT2D eigenvalue weighted by molar-refractivity contribution is 5.69. The molecule has 1 fully saturated rings. The molecule has 2 atom stereocenters. The van der Waals surface area contributed by atoms with Crippen molar-refractivity contribution < 1.29 is 19.0 Å². The summed E-state index contributed by atoms with van der Waals surface area (Å²) >= 11 is 0. The van der Waals surface area contributed by atoms with Gasteiger partial charge in [-0.1, -0.05) is 12.1 Å². The van der Waals surface area contributed by atoms with Crippen molar-refractivity contribution in [1.29, 1.82) is 0 Å². The third-order valence-electron chi connectivity index (χ3n) is 3.82. The van der Waals surface area contributed by atoms with Gasteiger partial charge in [-0.25, -0.2) is 4.39 Å². The van der Waals surface area contributed by atoms with Gasteiger partial charge in [0.25, 0.3) is 0 Å². The summed E-state index contributed by atoms with van der Waals surface area (Å²) in [5, 5.41) is 13.9. The van der Waals surface area contributed by atoms with Crippen LogP contribution in [0.4, 0.5) is 4.39 Å². The molecule has 5 heteroatoms. The van der Waals surface area contributed by atoms with Crippen molar-refractivity contribution in [3.05, 3.63) is 35.1 Å². The van der Waals surface area contributed by atoms with Gasteiger partial charge < -0.3 is 15.2 Å². The quantitative estimate of drug-likeness (QED) is 0.757. The van der Waals surface area contributed by atoms with Gasteiger partial charge in [-0.05, 0) is 43.4 Å². The van der Waals surface area contributed by atoms with E-state index >= 15 is 0 Å². The number of nitrogens with one attached hydrogen (secondary N) is 1. The average Bonchev–Trinajstić information content (AvgIpc) is 3.29. The summed E-state index contributed by atoms with van der Waals surface area (Å²) in [7, 11) is 1.35. The number of aliphatic hydroxyl groups is 1. The molecule has 0 aromatic heterocycles. The molecule has 0 spiro atoms. The first-order chi connectivity index (χ1) is 10.0.